The van der Waals surface area contributed by atoms with Gasteiger partial charge in [-0.25, -0.2) is 0 Å². The minimum atomic E-state index is -0.0719. The lowest BCUT2D eigenvalue weighted by molar-refractivity contribution is -0.111. The summed E-state index contributed by atoms with van der Waals surface area (Å²) in [4.78, 5) is 12.7. The van der Waals surface area contributed by atoms with Gasteiger partial charge in [0.15, 0.2) is 0 Å². The number of ketones is 1. The first-order valence-corrected chi connectivity index (χ1v) is 4.96. The van der Waals surface area contributed by atoms with E-state index in [0.717, 1.165) is 6.54 Å². The summed E-state index contributed by atoms with van der Waals surface area (Å²) in [5.41, 5.74) is 1.17. The number of carbonyl (C=O) groups is 1. The fourth-order valence-electron chi connectivity index (χ4n) is 1.22. The molecule has 0 unspecified atom stereocenters. The molecule has 1 rings (SSSR count). The van der Waals surface area contributed by atoms with Crippen LogP contribution in [-0.2, 0) is 4.79 Å². The maximum Gasteiger partial charge on any atom is 0.202 e. The largest absolute Gasteiger partial charge is 0.374 e. The van der Waals surface area contributed by atoms with Gasteiger partial charge in [0.05, 0.1) is 0 Å². The fraction of sp³-hybridized carbons (Fsp3) is 0.308. The van der Waals surface area contributed by atoms with E-state index in [1.807, 2.05) is 25.2 Å². The first-order chi connectivity index (χ1) is 7.20. The third-order valence-electron chi connectivity index (χ3n) is 2.03. The van der Waals surface area contributed by atoms with Gasteiger partial charge in [0.25, 0.3) is 0 Å². The molecule has 0 aliphatic heterocycles. The van der Waals surface area contributed by atoms with E-state index in [2.05, 4.69) is 28.9 Å². The Labute approximate surface area is 90.9 Å². The molecular weight excluding hydrogens is 186 g/mol. The first kappa shape index (κ1) is 11.3. The summed E-state index contributed by atoms with van der Waals surface area (Å²) in [5, 5.41) is 0. The van der Waals surface area contributed by atoms with Gasteiger partial charge in [-0.15, -0.1) is 0 Å². The average molecular weight is 201 g/mol. The van der Waals surface area contributed by atoms with E-state index in [1.54, 1.807) is 0 Å². The van der Waals surface area contributed by atoms with E-state index in [1.165, 1.54) is 12.6 Å². The molecule has 1 aromatic carbocycles. The van der Waals surface area contributed by atoms with E-state index in [4.69, 9.17) is 0 Å². The number of hydrogen-bond donors (Lipinski definition) is 0. The Kier molecular flexibility index (Phi) is 4.43. The Morgan fingerprint density at radius 3 is 2.60 bits per heavy atom. The first-order valence-electron chi connectivity index (χ1n) is 4.96. The lowest BCUT2D eigenvalue weighted by atomic mass is 10.3. The Morgan fingerprint density at radius 2 is 2.00 bits per heavy atom. The highest BCUT2D eigenvalue weighted by molar-refractivity contribution is 5.93. The minimum Gasteiger partial charge on any atom is -0.374 e. The van der Waals surface area contributed by atoms with Crippen molar-refractivity contribution in [1.29, 1.82) is 0 Å². The van der Waals surface area contributed by atoms with Gasteiger partial charge in [-0.1, -0.05) is 24.1 Å². The lowest BCUT2D eigenvalue weighted by Crippen LogP contribution is -2.17. The molecule has 0 fully saturated rings. The maximum absolute atomic E-state index is 10.6. The van der Waals surface area contributed by atoms with Crippen LogP contribution < -0.4 is 4.90 Å². The van der Waals surface area contributed by atoms with Crippen molar-refractivity contribution in [2.24, 2.45) is 0 Å². The van der Waals surface area contributed by atoms with Gasteiger partial charge in [0.2, 0.25) is 5.78 Å². The van der Waals surface area contributed by atoms with Crippen LogP contribution in [0.1, 0.15) is 13.3 Å². The molecule has 0 amide bonds. The van der Waals surface area contributed by atoms with Gasteiger partial charge in [0, 0.05) is 32.6 Å². The van der Waals surface area contributed by atoms with Crippen LogP contribution in [0.2, 0.25) is 0 Å². The topological polar surface area (TPSA) is 20.3 Å². The summed E-state index contributed by atoms with van der Waals surface area (Å²) >= 11 is 0. The molecule has 0 aliphatic carbocycles. The summed E-state index contributed by atoms with van der Waals surface area (Å²) in [7, 11) is 2.02. The second-order valence-corrected chi connectivity index (χ2v) is 3.37. The summed E-state index contributed by atoms with van der Waals surface area (Å²) in [6, 6.07) is 10.1. The Morgan fingerprint density at radius 1 is 1.33 bits per heavy atom. The normalized spacial score (nSPS) is 8.93. The van der Waals surface area contributed by atoms with Crippen molar-refractivity contribution < 1.29 is 4.79 Å². The fourth-order valence-corrected chi connectivity index (χ4v) is 1.22. The number of anilines is 1. The molecule has 0 bridgehead atoms. The molecule has 0 aliphatic rings. The quantitative estimate of drug-likeness (QED) is 0.551. The molecule has 0 atom stereocenters. The minimum absolute atomic E-state index is 0.0719. The van der Waals surface area contributed by atoms with E-state index >= 15 is 0 Å². The highest BCUT2D eigenvalue weighted by Gasteiger charge is 1.96. The van der Waals surface area contributed by atoms with Crippen LogP contribution in [0.4, 0.5) is 5.69 Å². The number of benzene rings is 1. The number of carbonyl (C=O) groups excluding carboxylic acids is 1. The molecule has 1 aromatic rings. The number of nitrogens with zero attached hydrogens (tertiary/aromatic N) is 1. The third-order valence-corrected chi connectivity index (χ3v) is 2.03. The third kappa shape index (κ3) is 4.33. The van der Waals surface area contributed by atoms with E-state index in [0.29, 0.717) is 6.42 Å². The SMILES string of the molecule is CC(=O)C#CCCN(C)c1ccccc1. The maximum atomic E-state index is 10.6. The molecule has 0 aromatic heterocycles. The second-order valence-electron chi connectivity index (χ2n) is 3.37. The van der Waals surface area contributed by atoms with Gasteiger partial charge in [-0.05, 0) is 18.1 Å². The van der Waals surface area contributed by atoms with E-state index in [-0.39, 0.29) is 5.78 Å². The molecule has 0 radical (unpaired) electrons. The smallest absolute Gasteiger partial charge is 0.202 e. The van der Waals surface area contributed by atoms with Crippen LogP contribution in [0.3, 0.4) is 0 Å². The standard InChI is InChI=1S/C13H15NO/c1-12(15)8-6-7-11-14(2)13-9-4-3-5-10-13/h3-5,9-10H,7,11H2,1-2H3. The van der Waals surface area contributed by atoms with Crippen molar-refractivity contribution in [3.63, 3.8) is 0 Å². The highest BCUT2D eigenvalue weighted by atomic mass is 16.1. The van der Waals surface area contributed by atoms with Crippen LogP contribution in [-0.4, -0.2) is 19.4 Å². The van der Waals surface area contributed by atoms with Crippen molar-refractivity contribution in [3.8, 4) is 11.8 Å². The molecule has 0 saturated heterocycles. The van der Waals surface area contributed by atoms with Gasteiger partial charge < -0.3 is 4.90 Å². The van der Waals surface area contributed by atoms with Crippen molar-refractivity contribution in [1.82, 2.24) is 0 Å². The summed E-state index contributed by atoms with van der Waals surface area (Å²) in [6.07, 6.45) is 0.713. The molecule has 15 heavy (non-hydrogen) atoms. The Bertz CT molecular complexity index is 373. The molecule has 0 spiro atoms. The summed E-state index contributed by atoms with van der Waals surface area (Å²) in [5.74, 6) is 5.31. The highest BCUT2D eigenvalue weighted by Crippen LogP contribution is 2.10. The van der Waals surface area contributed by atoms with Crippen molar-refractivity contribution >= 4 is 11.5 Å². The van der Waals surface area contributed by atoms with Crippen LogP contribution >= 0.6 is 0 Å². The van der Waals surface area contributed by atoms with Crippen molar-refractivity contribution in [2.75, 3.05) is 18.5 Å². The number of hydrogen-bond acceptors (Lipinski definition) is 2. The van der Waals surface area contributed by atoms with Gasteiger partial charge in [-0.2, -0.15) is 0 Å². The van der Waals surface area contributed by atoms with Gasteiger partial charge >= 0.3 is 0 Å². The number of Topliss-reactive ketones (excluding diaryl/α,β-unsaturated/α-hetero) is 1. The molecule has 0 heterocycles. The molecule has 2 nitrogen and oxygen atoms in total. The van der Waals surface area contributed by atoms with E-state index in [9.17, 15) is 4.79 Å². The number of rotatable bonds is 3. The summed E-state index contributed by atoms with van der Waals surface area (Å²) in [6.45, 7) is 2.32. The average Bonchev–Trinajstić information content (AvgIpc) is 2.25. The monoisotopic (exact) mass is 201 g/mol. The van der Waals surface area contributed by atoms with Crippen LogP contribution in [0, 0.1) is 11.8 Å². The Hall–Kier alpha value is -1.75. The zero-order chi connectivity index (χ0) is 11.1. The predicted molar refractivity (Wildman–Crippen MR) is 62.8 cm³/mol. The second kappa shape index (κ2) is 5.87. The zero-order valence-corrected chi connectivity index (χ0v) is 9.16. The van der Waals surface area contributed by atoms with Crippen LogP contribution in [0.25, 0.3) is 0 Å². The van der Waals surface area contributed by atoms with Crippen LogP contribution in [0.15, 0.2) is 30.3 Å². The van der Waals surface area contributed by atoms with Crippen LogP contribution in [0.5, 0.6) is 0 Å². The van der Waals surface area contributed by atoms with E-state index < -0.39 is 0 Å². The molecule has 78 valence electrons. The molecule has 2 heteroatoms. The molecule has 0 N–H and O–H groups in total. The lowest BCUT2D eigenvalue weighted by Gasteiger charge is -2.17. The van der Waals surface area contributed by atoms with Gasteiger partial charge in [-0.3, -0.25) is 4.79 Å². The van der Waals surface area contributed by atoms with Crippen molar-refractivity contribution in [3.05, 3.63) is 30.3 Å². The molecular formula is C13H15NO. The van der Waals surface area contributed by atoms with Gasteiger partial charge in [0.1, 0.15) is 0 Å². The predicted octanol–water partition coefficient (Wildman–Crippen LogP) is 2.11. The Balaban J connectivity index is 2.41. The summed E-state index contributed by atoms with van der Waals surface area (Å²) < 4.78 is 0. The zero-order valence-electron chi connectivity index (χ0n) is 9.16. The molecule has 0 saturated carbocycles. The number of para-hydroxylation sites is 1. The van der Waals surface area contributed by atoms with Crippen molar-refractivity contribution in [2.45, 2.75) is 13.3 Å².